The average molecular weight is 518 g/mol. The summed E-state index contributed by atoms with van der Waals surface area (Å²) in [5, 5.41) is 6.36. The average Bonchev–Trinajstić information content (AvgIpc) is 2.94. The van der Waals surface area contributed by atoms with E-state index in [1.807, 2.05) is 55.5 Å². The Hall–Kier alpha value is -4.00. The van der Waals surface area contributed by atoms with Crippen LogP contribution in [0, 0.1) is 0 Å². The highest BCUT2D eigenvalue weighted by molar-refractivity contribution is 6.03. The number of hydrogen-bond donors (Lipinski definition) is 2. The van der Waals surface area contributed by atoms with Crippen LogP contribution in [-0.4, -0.2) is 32.8 Å². The van der Waals surface area contributed by atoms with Crippen LogP contribution < -0.4 is 20.3 Å². The van der Waals surface area contributed by atoms with E-state index in [2.05, 4.69) is 43.5 Å². The Kier molecular flexibility index (Phi) is 10.2. The molecule has 0 aliphatic heterocycles. The van der Waals surface area contributed by atoms with Gasteiger partial charge in [0.1, 0.15) is 12.3 Å². The second-order valence-corrected chi connectivity index (χ2v) is 9.37. The summed E-state index contributed by atoms with van der Waals surface area (Å²) in [6.45, 7) is 8.83. The number of nitrogens with zero attached hydrogens (tertiary/aromatic N) is 1. The van der Waals surface area contributed by atoms with Crippen LogP contribution in [0.15, 0.2) is 60.7 Å². The van der Waals surface area contributed by atoms with E-state index in [9.17, 15) is 9.59 Å². The molecule has 0 aliphatic carbocycles. The van der Waals surface area contributed by atoms with Gasteiger partial charge in [0, 0.05) is 11.4 Å². The summed E-state index contributed by atoms with van der Waals surface area (Å²) in [6, 6.07) is 19.6. The van der Waals surface area contributed by atoms with Crippen molar-refractivity contribution < 1.29 is 19.1 Å². The largest absolute Gasteiger partial charge is 0.497 e. The molecule has 7 nitrogen and oxygen atoms in total. The van der Waals surface area contributed by atoms with Crippen LogP contribution in [-0.2, 0) is 28.9 Å². The van der Waals surface area contributed by atoms with Crippen LogP contribution in [0.5, 0.6) is 5.75 Å². The number of carbonyl (C=O) groups excluding carboxylic acids is 2. The van der Waals surface area contributed by atoms with Crippen LogP contribution in [0.3, 0.4) is 0 Å². The minimum atomic E-state index is -0.354. The topological polar surface area (TPSA) is 79.9 Å². The van der Waals surface area contributed by atoms with Gasteiger partial charge in [0.05, 0.1) is 26.5 Å². The molecule has 7 heteroatoms. The lowest BCUT2D eigenvalue weighted by atomic mass is 10.0. The third-order valence-electron chi connectivity index (χ3n) is 6.63. The number of nitrogens with one attached hydrogen (secondary N) is 2. The van der Waals surface area contributed by atoms with E-state index in [1.54, 1.807) is 12.0 Å². The molecule has 0 saturated heterocycles. The zero-order valence-electron chi connectivity index (χ0n) is 23.3. The molecule has 0 spiro atoms. The number of benzene rings is 3. The zero-order valence-corrected chi connectivity index (χ0v) is 23.3. The van der Waals surface area contributed by atoms with Crippen molar-refractivity contribution in [3.8, 4) is 5.75 Å². The molecule has 0 aliphatic rings. The smallest absolute Gasteiger partial charge is 0.326 e. The van der Waals surface area contributed by atoms with E-state index in [-0.39, 0.29) is 18.5 Å². The van der Waals surface area contributed by atoms with Gasteiger partial charge in [-0.1, -0.05) is 58.0 Å². The SMILES string of the molecule is CCc1ccc(NCC(=O)OC)c(CC)c1NC(=O)N(Cc1ccc(OC)cc1)c1ccc(C(C)C)cc1. The molecule has 202 valence electrons. The third kappa shape index (κ3) is 7.06. The zero-order chi connectivity index (χ0) is 27.7. The number of esters is 1. The van der Waals surface area contributed by atoms with Crippen molar-refractivity contribution in [2.24, 2.45) is 0 Å². The Balaban J connectivity index is 1.98. The molecule has 0 saturated carbocycles. The predicted octanol–water partition coefficient (Wildman–Crippen LogP) is 6.77. The van der Waals surface area contributed by atoms with E-state index in [0.717, 1.165) is 45.9 Å². The molecule has 0 aromatic heterocycles. The summed E-state index contributed by atoms with van der Waals surface area (Å²) in [7, 11) is 3.00. The molecule has 0 bridgehead atoms. The Morgan fingerprint density at radius 1 is 0.895 bits per heavy atom. The molecule has 3 rings (SSSR count). The molecule has 0 heterocycles. The summed E-state index contributed by atoms with van der Waals surface area (Å²) in [4.78, 5) is 27.4. The van der Waals surface area contributed by atoms with Crippen molar-refractivity contribution in [3.05, 3.63) is 82.9 Å². The van der Waals surface area contributed by atoms with Crippen LogP contribution in [0.2, 0.25) is 0 Å². The fourth-order valence-corrected chi connectivity index (χ4v) is 4.33. The highest BCUT2D eigenvalue weighted by Gasteiger charge is 2.21. The molecule has 3 aromatic rings. The van der Waals surface area contributed by atoms with Crippen LogP contribution in [0.25, 0.3) is 0 Å². The van der Waals surface area contributed by atoms with Crippen LogP contribution in [0.4, 0.5) is 21.9 Å². The molecule has 0 unspecified atom stereocenters. The minimum Gasteiger partial charge on any atom is -0.497 e. The van der Waals surface area contributed by atoms with Crippen molar-refractivity contribution >= 4 is 29.1 Å². The number of hydrogen-bond acceptors (Lipinski definition) is 5. The van der Waals surface area contributed by atoms with Gasteiger partial charge in [-0.25, -0.2) is 4.79 Å². The first-order valence-electron chi connectivity index (χ1n) is 13.1. The van der Waals surface area contributed by atoms with Gasteiger partial charge in [-0.15, -0.1) is 0 Å². The predicted molar refractivity (Wildman–Crippen MR) is 154 cm³/mol. The van der Waals surface area contributed by atoms with E-state index in [0.29, 0.717) is 18.9 Å². The molecule has 38 heavy (non-hydrogen) atoms. The molecular weight excluding hydrogens is 478 g/mol. The van der Waals surface area contributed by atoms with Gasteiger partial charge in [-0.3, -0.25) is 9.69 Å². The highest BCUT2D eigenvalue weighted by atomic mass is 16.5. The second kappa shape index (κ2) is 13.5. The molecule has 2 N–H and O–H groups in total. The Labute approximate surface area is 226 Å². The lowest BCUT2D eigenvalue weighted by molar-refractivity contribution is -0.138. The number of rotatable bonds is 11. The summed E-state index contributed by atoms with van der Waals surface area (Å²) in [5.41, 5.74) is 6.54. The van der Waals surface area contributed by atoms with Gasteiger partial charge in [-0.2, -0.15) is 0 Å². The number of aryl methyl sites for hydroxylation is 1. The summed E-state index contributed by atoms with van der Waals surface area (Å²) in [6.07, 6.45) is 1.43. The van der Waals surface area contributed by atoms with Gasteiger partial charge < -0.3 is 20.1 Å². The number of urea groups is 1. The van der Waals surface area contributed by atoms with Crippen molar-refractivity contribution in [3.63, 3.8) is 0 Å². The highest BCUT2D eigenvalue weighted by Crippen LogP contribution is 2.31. The van der Waals surface area contributed by atoms with Crippen molar-refractivity contribution in [1.82, 2.24) is 0 Å². The molecule has 0 radical (unpaired) electrons. The maximum Gasteiger partial charge on any atom is 0.326 e. The Morgan fingerprint density at radius 2 is 1.58 bits per heavy atom. The van der Waals surface area contributed by atoms with Crippen molar-refractivity contribution in [2.45, 2.75) is 53.0 Å². The summed E-state index contributed by atoms with van der Waals surface area (Å²) in [5.74, 6) is 0.808. The van der Waals surface area contributed by atoms with E-state index in [1.165, 1.54) is 12.7 Å². The number of methoxy groups -OCH3 is 2. The minimum absolute atomic E-state index is 0.0498. The van der Waals surface area contributed by atoms with Gasteiger partial charge >= 0.3 is 12.0 Å². The Bertz CT molecular complexity index is 1220. The van der Waals surface area contributed by atoms with E-state index < -0.39 is 0 Å². The summed E-state index contributed by atoms with van der Waals surface area (Å²) < 4.78 is 10.1. The van der Waals surface area contributed by atoms with Crippen LogP contribution in [0.1, 0.15) is 55.9 Å². The number of ether oxygens (including phenoxy) is 2. The van der Waals surface area contributed by atoms with Gasteiger partial charge in [-0.05, 0) is 71.3 Å². The van der Waals surface area contributed by atoms with Crippen molar-refractivity contribution in [2.75, 3.05) is 36.3 Å². The normalized spacial score (nSPS) is 10.7. The van der Waals surface area contributed by atoms with E-state index in [4.69, 9.17) is 9.47 Å². The van der Waals surface area contributed by atoms with Gasteiger partial charge in [0.2, 0.25) is 0 Å². The first kappa shape index (κ1) is 28.6. The standard InChI is InChI=1S/C31H39N3O4/c1-7-23-13-18-28(32-19-29(35)38-6)27(8-2)30(23)33-31(36)34(20-22-9-16-26(37-5)17-10-22)25-14-11-24(12-15-25)21(3)4/h9-18,21,32H,7-8,19-20H2,1-6H3,(H,33,36). The molecule has 2 amide bonds. The van der Waals surface area contributed by atoms with Crippen LogP contribution >= 0.6 is 0 Å². The van der Waals surface area contributed by atoms with Gasteiger partial charge in [0.25, 0.3) is 0 Å². The second-order valence-electron chi connectivity index (χ2n) is 9.37. The van der Waals surface area contributed by atoms with Crippen molar-refractivity contribution in [1.29, 1.82) is 0 Å². The fraction of sp³-hybridized carbons (Fsp3) is 0.355. The maximum atomic E-state index is 13.9. The first-order chi connectivity index (χ1) is 18.3. The first-order valence-corrected chi connectivity index (χ1v) is 13.1. The van der Waals surface area contributed by atoms with E-state index >= 15 is 0 Å². The molecular formula is C31H39N3O4. The maximum absolute atomic E-state index is 13.9. The summed E-state index contributed by atoms with van der Waals surface area (Å²) >= 11 is 0. The lowest BCUT2D eigenvalue weighted by Gasteiger charge is -2.26. The fourth-order valence-electron chi connectivity index (χ4n) is 4.33. The molecule has 0 fully saturated rings. The molecule has 0 atom stereocenters. The Morgan fingerprint density at radius 3 is 2.13 bits per heavy atom. The van der Waals surface area contributed by atoms with Gasteiger partial charge in [0.15, 0.2) is 0 Å². The molecule has 3 aromatic carbocycles. The quantitative estimate of drug-likeness (QED) is 0.275. The lowest BCUT2D eigenvalue weighted by Crippen LogP contribution is -2.35. The monoisotopic (exact) mass is 517 g/mol. The number of carbonyl (C=O) groups is 2. The number of amides is 2. The number of anilines is 3. The third-order valence-corrected chi connectivity index (χ3v) is 6.63.